The van der Waals surface area contributed by atoms with Gasteiger partial charge in [0.15, 0.2) is 0 Å². The van der Waals surface area contributed by atoms with Crippen molar-refractivity contribution in [2.45, 2.75) is 38.1 Å². The smallest absolute Gasteiger partial charge is 0.239 e. The van der Waals surface area contributed by atoms with Crippen molar-refractivity contribution in [3.8, 4) is 0 Å². The molecule has 0 spiro atoms. The molecule has 1 fully saturated rings. The summed E-state index contributed by atoms with van der Waals surface area (Å²) in [6.07, 6.45) is 0. The Morgan fingerprint density at radius 2 is 1.96 bits per heavy atom. The van der Waals surface area contributed by atoms with Crippen LogP contribution in [0.1, 0.15) is 37.9 Å². The number of aromatic nitrogens is 2. The van der Waals surface area contributed by atoms with E-state index in [1.807, 2.05) is 31.3 Å². The third-order valence-electron chi connectivity index (χ3n) is 4.95. The first kappa shape index (κ1) is 18.6. The van der Waals surface area contributed by atoms with Gasteiger partial charge in [-0.2, -0.15) is 5.10 Å². The molecule has 6 heteroatoms. The van der Waals surface area contributed by atoms with Crippen molar-refractivity contribution in [1.29, 1.82) is 0 Å². The second-order valence-electron chi connectivity index (χ2n) is 8.21. The van der Waals surface area contributed by atoms with Gasteiger partial charge in [-0.15, -0.1) is 0 Å². The molecule has 1 aliphatic heterocycles. The van der Waals surface area contributed by atoms with Crippen molar-refractivity contribution in [1.82, 2.24) is 14.7 Å². The van der Waals surface area contributed by atoms with Crippen molar-refractivity contribution in [3.05, 3.63) is 47.7 Å². The average molecular weight is 355 g/mol. The van der Waals surface area contributed by atoms with Crippen LogP contribution in [0.4, 0.5) is 5.82 Å². The van der Waals surface area contributed by atoms with Crippen LogP contribution in [-0.4, -0.2) is 46.3 Å². The summed E-state index contributed by atoms with van der Waals surface area (Å²) in [5, 5.41) is 7.48. The lowest BCUT2D eigenvalue weighted by molar-refractivity contribution is -0.117. The van der Waals surface area contributed by atoms with Crippen molar-refractivity contribution >= 4 is 11.7 Å². The number of rotatable bonds is 4. The van der Waals surface area contributed by atoms with Crippen LogP contribution in [0.15, 0.2) is 36.4 Å². The molecule has 3 rings (SSSR count). The normalized spacial score (nSPS) is 21.1. The Hall–Kier alpha value is -2.18. The van der Waals surface area contributed by atoms with E-state index in [-0.39, 0.29) is 23.3 Å². The summed E-state index contributed by atoms with van der Waals surface area (Å²) in [5.41, 5.74) is 8.47. The lowest BCUT2D eigenvalue weighted by Crippen LogP contribution is -2.34. The standard InChI is InChI=1S/C20H29N5O/c1-20(2,3)17-10-18(24(4)23-17)22-19(26)13-25-11-15(16(21)12-25)14-8-6-5-7-9-14/h5-10,15-16H,11-13,21H2,1-4H3,(H,22,26)/t15-,16+/m0/s1. The highest BCUT2D eigenvalue weighted by Crippen LogP contribution is 2.26. The minimum Gasteiger partial charge on any atom is -0.326 e. The van der Waals surface area contributed by atoms with Crippen molar-refractivity contribution in [2.24, 2.45) is 12.8 Å². The number of nitrogens with zero attached hydrogens (tertiary/aromatic N) is 3. The summed E-state index contributed by atoms with van der Waals surface area (Å²) < 4.78 is 1.72. The highest BCUT2D eigenvalue weighted by molar-refractivity contribution is 5.91. The fourth-order valence-corrected chi connectivity index (χ4v) is 3.43. The summed E-state index contributed by atoms with van der Waals surface area (Å²) in [6, 6.07) is 12.3. The lowest BCUT2D eigenvalue weighted by atomic mass is 9.92. The second kappa shape index (κ2) is 7.21. The van der Waals surface area contributed by atoms with Gasteiger partial charge >= 0.3 is 0 Å². The number of nitrogens with two attached hydrogens (primary N) is 1. The highest BCUT2D eigenvalue weighted by Gasteiger charge is 2.32. The maximum Gasteiger partial charge on any atom is 0.239 e. The lowest BCUT2D eigenvalue weighted by Gasteiger charge is -2.16. The minimum atomic E-state index is -0.0502. The maximum absolute atomic E-state index is 12.5. The monoisotopic (exact) mass is 355 g/mol. The number of carbonyl (C=O) groups is 1. The summed E-state index contributed by atoms with van der Waals surface area (Å²) >= 11 is 0. The van der Waals surface area contributed by atoms with Crippen molar-refractivity contribution in [2.75, 3.05) is 25.0 Å². The Labute approximate surface area is 155 Å². The molecule has 3 N–H and O–H groups in total. The SMILES string of the molecule is Cn1nc(C(C)(C)C)cc1NC(=O)CN1C[C@@H](N)[C@H](c2ccccc2)C1. The number of hydrogen-bond donors (Lipinski definition) is 2. The van der Waals surface area contributed by atoms with E-state index >= 15 is 0 Å². The van der Waals surface area contributed by atoms with Crippen LogP contribution in [-0.2, 0) is 17.3 Å². The molecule has 1 saturated heterocycles. The molecule has 6 nitrogen and oxygen atoms in total. The number of hydrogen-bond acceptors (Lipinski definition) is 4. The van der Waals surface area contributed by atoms with Crippen LogP contribution in [0, 0.1) is 0 Å². The molecule has 1 aromatic carbocycles. The van der Waals surface area contributed by atoms with Gasteiger partial charge in [0.2, 0.25) is 5.91 Å². The molecule has 0 bridgehead atoms. The maximum atomic E-state index is 12.5. The molecule has 26 heavy (non-hydrogen) atoms. The zero-order chi connectivity index (χ0) is 18.9. The third kappa shape index (κ3) is 4.14. The Balaban J connectivity index is 1.60. The molecule has 1 aliphatic rings. The van der Waals surface area contributed by atoms with Gasteiger partial charge in [0.1, 0.15) is 5.82 Å². The van der Waals surface area contributed by atoms with E-state index < -0.39 is 0 Å². The van der Waals surface area contributed by atoms with E-state index in [9.17, 15) is 4.79 Å². The van der Waals surface area contributed by atoms with E-state index in [0.717, 1.165) is 24.6 Å². The van der Waals surface area contributed by atoms with Gasteiger partial charge in [-0.3, -0.25) is 14.4 Å². The van der Waals surface area contributed by atoms with Gasteiger partial charge in [0, 0.05) is 43.6 Å². The van der Waals surface area contributed by atoms with Crippen LogP contribution in [0.2, 0.25) is 0 Å². The Kier molecular flexibility index (Phi) is 5.16. The van der Waals surface area contributed by atoms with Gasteiger partial charge < -0.3 is 11.1 Å². The summed E-state index contributed by atoms with van der Waals surface area (Å²) in [4.78, 5) is 14.6. The predicted molar refractivity (Wildman–Crippen MR) is 104 cm³/mol. The average Bonchev–Trinajstić information content (AvgIpc) is 3.11. The number of amides is 1. The molecular formula is C20H29N5O. The Morgan fingerprint density at radius 1 is 1.27 bits per heavy atom. The third-order valence-corrected chi connectivity index (χ3v) is 4.95. The van der Waals surface area contributed by atoms with E-state index in [1.54, 1.807) is 4.68 Å². The molecule has 0 radical (unpaired) electrons. The molecule has 0 saturated carbocycles. The molecule has 2 aromatic rings. The van der Waals surface area contributed by atoms with E-state index in [1.165, 1.54) is 5.56 Å². The number of nitrogens with one attached hydrogen (secondary N) is 1. The van der Waals surface area contributed by atoms with Crippen LogP contribution < -0.4 is 11.1 Å². The van der Waals surface area contributed by atoms with Gasteiger partial charge in [-0.1, -0.05) is 51.1 Å². The zero-order valence-corrected chi connectivity index (χ0v) is 16.1. The molecule has 0 aliphatic carbocycles. The number of carbonyl (C=O) groups excluding carboxylic acids is 1. The fraction of sp³-hybridized carbons (Fsp3) is 0.500. The van der Waals surface area contributed by atoms with Crippen molar-refractivity contribution in [3.63, 3.8) is 0 Å². The minimum absolute atomic E-state index is 0.0330. The predicted octanol–water partition coefficient (Wildman–Crippen LogP) is 2.08. The van der Waals surface area contributed by atoms with Crippen LogP contribution in [0.3, 0.4) is 0 Å². The number of benzene rings is 1. The quantitative estimate of drug-likeness (QED) is 0.880. The fourth-order valence-electron chi connectivity index (χ4n) is 3.43. The molecule has 1 aromatic heterocycles. The first-order chi connectivity index (χ1) is 12.2. The molecule has 2 heterocycles. The first-order valence-corrected chi connectivity index (χ1v) is 9.11. The number of likely N-dealkylation sites (tertiary alicyclic amines) is 1. The number of aryl methyl sites for hydroxylation is 1. The molecule has 1 amide bonds. The zero-order valence-electron chi connectivity index (χ0n) is 16.1. The Bertz CT molecular complexity index is 762. The molecule has 0 unspecified atom stereocenters. The van der Waals surface area contributed by atoms with Crippen LogP contribution in [0.25, 0.3) is 0 Å². The van der Waals surface area contributed by atoms with Crippen LogP contribution >= 0.6 is 0 Å². The summed E-state index contributed by atoms with van der Waals surface area (Å²) in [5.74, 6) is 0.964. The van der Waals surface area contributed by atoms with Gasteiger partial charge in [0.05, 0.1) is 12.2 Å². The second-order valence-corrected chi connectivity index (χ2v) is 8.21. The highest BCUT2D eigenvalue weighted by atomic mass is 16.2. The largest absolute Gasteiger partial charge is 0.326 e. The van der Waals surface area contributed by atoms with Gasteiger partial charge in [-0.05, 0) is 5.56 Å². The topological polar surface area (TPSA) is 76.2 Å². The van der Waals surface area contributed by atoms with Gasteiger partial charge in [-0.25, -0.2) is 0 Å². The first-order valence-electron chi connectivity index (χ1n) is 9.11. The van der Waals surface area contributed by atoms with Crippen LogP contribution in [0.5, 0.6) is 0 Å². The van der Waals surface area contributed by atoms with E-state index in [2.05, 4.69) is 48.2 Å². The molecular weight excluding hydrogens is 326 g/mol. The van der Waals surface area contributed by atoms with E-state index in [4.69, 9.17) is 5.73 Å². The van der Waals surface area contributed by atoms with Crippen molar-refractivity contribution < 1.29 is 4.79 Å². The Morgan fingerprint density at radius 3 is 2.58 bits per heavy atom. The molecule has 140 valence electrons. The van der Waals surface area contributed by atoms with E-state index in [0.29, 0.717) is 6.54 Å². The van der Waals surface area contributed by atoms with Gasteiger partial charge in [0.25, 0.3) is 0 Å². The number of anilines is 1. The summed E-state index contributed by atoms with van der Waals surface area (Å²) in [7, 11) is 1.85. The molecule has 2 atom stereocenters. The summed E-state index contributed by atoms with van der Waals surface area (Å²) in [6.45, 7) is 8.19.